The summed E-state index contributed by atoms with van der Waals surface area (Å²) in [6.45, 7) is 2.67. The van der Waals surface area contributed by atoms with Crippen molar-refractivity contribution in [2.45, 2.75) is 12.4 Å². The van der Waals surface area contributed by atoms with Crippen molar-refractivity contribution in [1.82, 2.24) is 14.5 Å². The lowest BCUT2D eigenvalue weighted by atomic mass is 10.3. The van der Waals surface area contributed by atoms with E-state index >= 15 is 0 Å². The van der Waals surface area contributed by atoms with Crippen LogP contribution in [-0.2, 0) is 17.2 Å². The average molecular weight is 318 g/mol. The molecule has 0 spiro atoms. The summed E-state index contributed by atoms with van der Waals surface area (Å²) in [6, 6.07) is 2.12. The maximum absolute atomic E-state index is 13.8. The fourth-order valence-electron chi connectivity index (χ4n) is 2.18. The Balaban J connectivity index is 2.25. The lowest BCUT2D eigenvalue weighted by Crippen LogP contribution is -2.27. The minimum atomic E-state index is -0.664. The van der Waals surface area contributed by atoms with Crippen molar-refractivity contribution in [2.24, 2.45) is 0 Å². The summed E-state index contributed by atoms with van der Waals surface area (Å²) in [6.07, 6.45) is 0. The molecule has 0 aliphatic rings. The number of rotatable bonds is 7. The molecule has 116 valence electrons. The van der Waals surface area contributed by atoms with Crippen molar-refractivity contribution in [2.75, 3.05) is 33.9 Å². The van der Waals surface area contributed by atoms with E-state index in [0.29, 0.717) is 31.0 Å². The van der Waals surface area contributed by atoms with E-state index in [-0.39, 0.29) is 11.4 Å². The number of ether oxygens (including phenoxy) is 1. The van der Waals surface area contributed by atoms with Crippen molar-refractivity contribution in [3.05, 3.63) is 29.6 Å². The molecular formula is C14H18ClF2N3O. The molecule has 0 atom stereocenters. The second-order valence-electron chi connectivity index (χ2n) is 4.86. The van der Waals surface area contributed by atoms with Crippen LogP contribution in [0.15, 0.2) is 12.1 Å². The lowest BCUT2D eigenvalue weighted by molar-refractivity contribution is 0.159. The molecule has 0 amide bonds. The molecule has 0 saturated heterocycles. The van der Waals surface area contributed by atoms with Gasteiger partial charge in [-0.3, -0.25) is 0 Å². The molecular weight excluding hydrogens is 300 g/mol. The summed E-state index contributed by atoms with van der Waals surface area (Å²) in [5, 5.41) is 0. The molecule has 0 N–H and O–H groups in total. The smallest absolute Gasteiger partial charge is 0.153 e. The number of fused-ring (bicyclic) bond motifs is 1. The molecule has 0 fully saturated rings. The molecule has 0 unspecified atom stereocenters. The number of methoxy groups -OCH3 is 1. The predicted molar refractivity (Wildman–Crippen MR) is 78.6 cm³/mol. The van der Waals surface area contributed by atoms with Crippen LogP contribution in [0.2, 0.25) is 0 Å². The Morgan fingerprint density at radius 1 is 1.33 bits per heavy atom. The second-order valence-corrected chi connectivity index (χ2v) is 5.13. The van der Waals surface area contributed by atoms with Gasteiger partial charge in [0.2, 0.25) is 0 Å². The minimum Gasteiger partial charge on any atom is -0.383 e. The van der Waals surface area contributed by atoms with Gasteiger partial charge in [0.15, 0.2) is 5.82 Å². The zero-order valence-corrected chi connectivity index (χ0v) is 12.8. The van der Waals surface area contributed by atoms with E-state index in [1.54, 1.807) is 11.7 Å². The van der Waals surface area contributed by atoms with Crippen molar-refractivity contribution in [3.8, 4) is 0 Å². The molecule has 0 bridgehead atoms. The maximum Gasteiger partial charge on any atom is 0.153 e. The summed E-state index contributed by atoms with van der Waals surface area (Å²) >= 11 is 5.86. The van der Waals surface area contributed by atoms with E-state index in [0.717, 1.165) is 12.6 Å². The van der Waals surface area contributed by atoms with E-state index in [9.17, 15) is 8.78 Å². The van der Waals surface area contributed by atoms with Crippen LogP contribution in [0.1, 0.15) is 5.82 Å². The van der Waals surface area contributed by atoms with Crippen LogP contribution in [-0.4, -0.2) is 48.3 Å². The molecule has 0 saturated carbocycles. The third kappa shape index (κ3) is 3.70. The van der Waals surface area contributed by atoms with Gasteiger partial charge in [0, 0.05) is 32.8 Å². The standard InChI is InChI=1S/C14H18ClF2N3O/c1-19(5-6-21-2)3-4-20-12-8-10(16)7-11(17)14(12)18-13(20)9-15/h7-8H,3-6,9H2,1-2H3. The molecule has 1 aromatic heterocycles. The quantitative estimate of drug-likeness (QED) is 0.735. The first-order valence-electron chi connectivity index (χ1n) is 6.64. The number of nitrogens with zero attached hydrogens (tertiary/aromatic N) is 3. The van der Waals surface area contributed by atoms with Crippen molar-refractivity contribution < 1.29 is 13.5 Å². The predicted octanol–water partition coefficient (Wildman–Crippen LogP) is 2.63. The molecule has 0 aliphatic carbocycles. The summed E-state index contributed by atoms with van der Waals surface area (Å²) in [7, 11) is 3.61. The highest BCUT2D eigenvalue weighted by Crippen LogP contribution is 2.22. The Labute approximate surface area is 127 Å². The van der Waals surface area contributed by atoms with Crippen LogP contribution in [0, 0.1) is 11.6 Å². The van der Waals surface area contributed by atoms with Crippen LogP contribution in [0.5, 0.6) is 0 Å². The van der Waals surface area contributed by atoms with Gasteiger partial charge in [-0.15, -0.1) is 11.6 Å². The van der Waals surface area contributed by atoms with Gasteiger partial charge >= 0.3 is 0 Å². The molecule has 0 aliphatic heterocycles. The number of benzene rings is 1. The summed E-state index contributed by atoms with van der Waals surface area (Å²) < 4.78 is 33.9. The van der Waals surface area contributed by atoms with Gasteiger partial charge in [-0.25, -0.2) is 13.8 Å². The number of likely N-dealkylation sites (N-methyl/N-ethyl adjacent to an activating group) is 1. The Bertz CT molecular complexity index is 618. The van der Waals surface area contributed by atoms with Crippen LogP contribution < -0.4 is 0 Å². The summed E-state index contributed by atoms with van der Waals surface area (Å²) in [4.78, 5) is 6.23. The van der Waals surface area contributed by atoms with E-state index in [4.69, 9.17) is 16.3 Å². The topological polar surface area (TPSA) is 30.3 Å². The molecule has 0 radical (unpaired) electrons. The number of hydrogen-bond donors (Lipinski definition) is 0. The number of halogens is 3. The number of hydrogen-bond acceptors (Lipinski definition) is 3. The summed E-state index contributed by atoms with van der Waals surface area (Å²) in [5.41, 5.74) is 0.592. The first kappa shape index (κ1) is 16.1. The number of imidazole rings is 1. The van der Waals surface area contributed by atoms with Crippen molar-refractivity contribution in [3.63, 3.8) is 0 Å². The molecule has 21 heavy (non-hydrogen) atoms. The maximum atomic E-state index is 13.8. The largest absolute Gasteiger partial charge is 0.383 e. The second kappa shape index (κ2) is 7.15. The van der Waals surface area contributed by atoms with Gasteiger partial charge in [-0.2, -0.15) is 0 Å². The van der Waals surface area contributed by atoms with E-state index in [1.165, 1.54) is 6.07 Å². The van der Waals surface area contributed by atoms with E-state index in [2.05, 4.69) is 9.88 Å². The van der Waals surface area contributed by atoms with Crippen molar-refractivity contribution >= 4 is 22.6 Å². The monoisotopic (exact) mass is 317 g/mol. The molecule has 7 heteroatoms. The van der Waals surface area contributed by atoms with Crippen molar-refractivity contribution in [1.29, 1.82) is 0 Å². The van der Waals surface area contributed by atoms with Crippen LogP contribution in [0.3, 0.4) is 0 Å². The Morgan fingerprint density at radius 3 is 2.76 bits per heavy atom. The normalized spacial score (nSPS) is 11.7. The Hall–Kier alpha value is -1.24. The first-order valence-corrected chi connectivity index (χ1v) is 7.18. The SMILES string of the molecule is COCCN(C)CCn1c(CCl)nc2c(F)cc(F)cc21. The number of aromatic nitrogens is 2. The van der Waals surface area contributed by atoms with Gasteiger partial charge in [-0.05, 0) is 13.1 Å². The highest BCUT2D eigenvalue weighted by molar-refractivity contribution is 6.16. The highest BCUT2D eigenvalue weighted by Gasteiger charge is 2.15. The lowest BCUT2D eigenvalue weighted by Gasteiger charge is -2.17. The molecule has 1 heterocycles. The van der Waals surface area contributed by atoms with Gasteiger partial charge in [0.05, 0.1) is 18.0 Å². The zero-order chi connectivity index (χ0) is 15.4. The third-order valence-corrected chi connectivity index (χ3v) is 3.59. The van der Waals surface area contributed by atoms with Crippen LogP contribution in [0.25, 0.3) is 11.0 Å². The Morgan fingerprint density at radius 2 is 2.10 bits per heavy atom. The molecule has 2 aromatic rings. The summed E-state index contributed by atoms with van der Waals surface area (Å²) in [5.74, 6) is -0.591. The number of alkyl halides is 1. The minimum absolute atomic E-state index is 0.150. The molecule has 4 nitrogen and oxygen atoms in total. The van der Waals surface area contributed by atoms with Gasteiger partial charge in [0.25, 0.3) is 0 Å². The highest BCUT2D eigenvalue weighted by atomic mass is 35.5. The van der Waals surface area contributed by atoms with E-state index < -0.39 is 11.6 Å². The third-order valence-electron chi connectivity index (χ3n) is 3.35. The first-order chi connectivity index (χ1) is 10.1. The van der Waals surface area contributed by atoms with Crippen LogP contribution in [0.4, 0.5) is 8.78 Å². The zero-order valence-electron chi connectivity index (χ0n) is 12.1. The fourth-order valence-corrected chi connectivity index (χ4v) is 2.38. The van der Waals surface area contributed by atoms with E-state index in [1.807, 2.05) is 7.05 Å². The molecule has 1 aromatic carbocycles. The van der Waals surface area contributed by atoms with Gasteiger partial charge < -0.3 is 14.2 Å². The average Bonchev–Trinajstić information content (AvgIpc) is 2.81. The van der Waals surface area contributed by atoms with Crippen LogP contribution >= 0.6 is 11.6 Å². The van der Waals surface area contributed by atoms with Gasteiger partial charge in [-0.1, -0.05) is 0 Å². The molecule has 2 rings (SSSR count). The Kier molecular flexibility index (Phi) is 5.50. The fraction of sp³-hybridized carbons (Fsp3) is 0.500. The van der Waals surface area contributed by atoms with Gasteiger partial charge in [0.1, 0.15) is 17.2 Å².